The van der Waals surface area contributed by atoms with Gasteiger partial charge in [0.1, 0.15) is 0 Å². The summed E-state index contributed by atoms with van der Waals surface area (Å²) >= 11 is 18.0. The summed E-state index contributed by atoms with van der Waals surface area (Å²) in [6, 6.07) is 3.34. The second kappa shape index (κ2) is 8.44. The highest BCUT2D eigenvalue weighted by molar-refractivity contribution is 6.43. The van der Waals surface area contributed by atoms with Crippen molar-refractivity contribution in [2.45, 2.75) is 38.6 Å². The van der Waals surface area contributed by atoms with Gasteiger partial charge in [-0.3, -0.25) is 0 Å². The molecular formula is C12H17Cl4N. The van der Waals surface area contributed by atoms with Gasteiger partial charge in [-0.1, -0.05) is 61.0 Å². The van der Waals surface area contributed by atoms with E-state index in [0.29, 0.717) is 15.1 Å². The predicted octanol–water partition coefficient (Wildman–Crippen LogP) is 5.65. The zero-order chi connectivity index (χ0) is 12.1. The fourth-order valence-corrected chi connectivity index (χ4v) is 2.37. The molecule has 0 saturated heterocycles. The summed E-state index contributed by atoms with van der Waals surface area (Å²) in [7, 11) is 0. The highest BCUT2D eigenvalue weighted by Crippen LogP contribution is 2.34. The molecule has 1 aromatic carbocycles. The van der Waals surface area contributed by atoms with Crippen molar-refractivity contribution >= 4 is 47.2 Å². The van der Waals surface area contributed by atoms with Crippen molar-refractivity contribution in [3.8, 4) is 0 Å². The molecule has 1 aromatic rings. The second-order valence-corrected chi connectivity index (χ2v) is 5.11. The van der Waals surface area contributed by atoms with Gasteiger partial charge in [-0.25, -0.2) is 0 Å². The summed E-state index contributed by atoms with van der Waals surface area (Å²) in [5.41, 5.74) is 6.92. The standard InChI is InChI=1S/C12H16Cl3N.ClH/c1-2-3-4-5-11(16)9-6-8(13)7-10(14)12(9)15;/h6-7,11H,2-5,16H2,1H3;1H/t11-;/m0./s1. The molecule has 0 aliphatic heterocycles. The van der Waals surface area contributed by atoms with E-state index in [1.807, 2.05) is 0 Å². The fraction of sp³-hybridized carbons (Fsp3) is 0.500. The van der Waals surface area contributed by atoms with E-state index in [0.717, 1.165) is 18.4 Å². The third-order valence-corrected chi connectivity index (χ3v) is 3.57. The van der Waals surface area contributed by atoms with Crippen molar-refractivity contribution in [3.63, 3.8) is 0 Å². The summed E-state index contributed by atoms with van der Waals surface area (Å²) in [4.78, 5) is 0. The van der Waals surface area contributed by atoms with Crippen LogP contribution in [0.5, 0.6) is 0 Å². The van der Waals surface area contributed by atoms with Gasteiger partial charge < -0.3 is 5.73 Å². The molecule has 0 fully saturated rings. The summed E-state index contributed by atoms with van der Waals surface area (Å²) in [5, 5.41) is 1.57. The van der Waals surface area contributed by atoms with E-state index < -0.39 is 0 Å². The molecule has 0 aliphatic carbocycles. The number of benzene rings is 1. The Morgan fingerprint density at radius 2 is 1.82 bits per heavy atom. The average Bonchev–Trinajstić information content (AvgIpc) is 2.23. The van der Waals surface area contributed by atoms with Crippen molar-refractivity contribution in [1.82, 2.24) is 0 Å². The van der Waals surface area contributed by atoms with Crippen molar-refractivity contribution in [1.29, 1.82) is 0 Å². The molecule has 0 spiro atoms. The van der Waals surface area contributed by atoms with Gasteiger partial charge in [0, 0.05) is 11.1 Å². The molecule has 0 aliphatic rings. The van der Waals surface area contributed by atoms with Crippen molar-refractivity contribution in [2.75, 3.05) is 0 Å². The highest BCUT2D eigenvalue weighted by Gasteiger charge is 2.13. The molecule has 0 unspecified atom stereocenters. The molecule has 2 N–H and O–H groups in total. The van der Waals surface area contributed by atoms with Gasteiger partial charge in [0.05, 0.1) is 10.0 Å². The first-order valence-electron chi connectivity index (χ1n) is 5.46. The van der Waals surface area contributed by atoms with Gasteiger partial charge in [-0.15, -0.1) is 12.4 Å². The minimum atomic E-state index is -0.0877. The Labute approximate surface area is 124 Å². The van der Waals surface area contributed by atoms with Crippen LogP contribution in [0.15, 0.2) is 12.1 Å². The smallest absolute Gasteiger partial charge is 0.0641 e. The quantitative estimate of drug-likeness (QED) is 0.551. The molecule has 0 saturated carbocycles. The Bertz CT molecular complexity index is 355. The maximum absolute atomic E-state index is 6.10. The van der Waals surface area contributed by atoms with Crippen molar-refractivity contribution in [3.05, 3.63) is 32.8 Å². The third kappa shape index (κ3) is 5.23. The molecule has 0 radical (unpaired) electrons. The molecule has 0 heterocycles. The van der Waals surface area contributed by atoms with Gasteiger partial charge in [0.25, 0.3) is 0 Å². The van der Waals surface area contributed by atoms with Crippen LogP contribution in [0.3, 0.4) is 0 Å². The normalized spacial score (nSPS) is 12.1. The van der Waals surface area contributed by atoms with Crippen LogP contribution in [0.1, 0.15) is 44.2 Å². The number of hydrogen-bond acceptors (Lipinski definition) is 1. The van der Waals surface area contributed by atoms with E-state index in [1.165, 1.54) is 12.8 Å². The van der Waals surface area contributed by atoms with E-state index >= 15 is 0 Å². The van der Waals surface area contributed by atoms with E-state index in [2.05, 4.69) is 6.92 Å². The largest absolute Gasteiger partial charge is 0.324 e. The first-order chi connectivity index (χ1) is 7.56. The van der Waals surface area contributed by atoms with E-state index in [4.69, 9.17) is 40.5 Å². The van der Waals surface area contributed by atoms with Crippen LogP contribution < -0.4 is 5.73 Å². The molecule has 1 rings (SSSR count). The van der Waals surface area contributed by atoms with E-state index in [1.54, 1.807) is 12.1 Å². The minimum Gasteiger partial charge on any atom is -0.324 e. The number of halogens is 4. The third-order valence-electron chi connectivity index (χ3n) is 2.54. The first kappa shape index (κ1) is 17.3. The summed E-state index contributed by atoms with van der Waals surface area (Å²) < 4.78 is 0. The Balaban J connectivity index is 0.00000256. The highest BCUT2D eigenvalue weighted by atomic mass is 35.5. The Hall–Kier alpha value is 0.340. The predicted molar refractivity (Wildman–Crippen MR) is 79.8 cm³/mol. The van der Waals surface area contributed by atoms with Crippen LogP contribution >= 0.6 is 47.2 Å². The Morgan fingerprint density at radius 1 is 1.18 bits per heavy atom. The van der Waals surface area contributed by atoms with E-state index in [9.17, 15) is 0 Å². The number of rotatable bonds is 5. The van der Waals surface area contributed by atoms with Crippen LogP contribution in [-0.2, 0) is 0 Å². The maximum Gasteiger partial charge on any atom is 0.0641 e. The fourth-order valence-electron chi connectivity index (χ4n) is 1.62. The monoisotopic (exact) mass is 315 g/mol. The zero-order valence-corrected chi connectivity index (χ0v) is 12.8. The van der Waals surface area contributed by atoms with Gasteiger partial charge in [0.15, 0.2) is 0 Å². The zero-order valence-electron chi connectivity index (χ0n) is 9.68. The molecule has 0 amide bonds. The lowest BCUT2D eigenvalue weighted by atomic mass is 10.0. The lowest BCUT2D eigenvalue weighted by Crippen LogP contribution is -2.10. The van der Waals surface area contributed by atoms with Crippen LogP contribution in [0.2, 0.25) is 15.1 Å². The number of unbranched alkanes of at least 4 members (excludes halogenated alkanes) is 2. The SMILES string of the molecule is CCCCC[C@H](N)c1cc(Cl)cc(Cl)c1Cl.Cl. The Morgan fingerprint density at radius 3 is 2.41 bits per heavy atom. The molecule has 5 heteroatoms. The summed E-state index contributed by atoms with van der Waals surface area (Å²) in [6.07, 6.45) is 4.36. The molecule has 1 nitrogen and oxygen atoms in total. The molecule has 0 bridgehead atoms. The number of hydrogen-bond donors (Lipinski definition) is 1. The molecule has 98 valence electrons. The van der Waals surface area contributed by atoms with Crippen LogP contribution in [-0.4, -0.2) is 0 Å². The summed E-state index contributed by atoms with van der Waals surface area (Å²) in [5.74, 6) is 0. The van der Waals surface area contributed by atoms with Crippen molar-refractivity contribution in [2.24, 2.45) is 5.73 Å². The van der Waals surface area contributed by atoms with Gasteiger partial charge in [-0.05, 0) is 24.1 Å². The van der Waals surface area contributed by atoms with Crippen LogP contribution in [0.25, 0.3) is 0 Å². The molecule has 17 heavy (non-hydrogen) atoms. The molecular weight excluding hydrogens is 300 g/mol. The van der Waals surface area contributed by atoms with Gasteiger partial charge in [0.2, 0.25) is 0 Å². The Kier molecular flexibility index (Phi) is 8.61. The molecule has 0 aromatic heterocycles. The first-order valence-corrected chi connectivity index (χ1v) is 6.59. The number of nitrogens with two attached hydrogens (primary N) is 1. The molecule has 1 atom stereocenters. The summed E-state index contributed by atoms with van der Waals surface area (Å²) in [6.45, 7) is 2.16. The van der Waals surface area contributed by atoms with E-state index in [-0.39, 0.29) is 18.4 Å². The minimum absolute atomic E-state index is 0. The van der Waals surface area contributed by atoms with Crippen LogP contribution in [0.4, 0.5) is 0 Å². The lowest BCUT2D eigenvalue weighted by Gasteiger charge is -2.14. The maximum atomic E-state index is 6.10. The topological polar surface area (TPSA) is 26.0 Å². The average molecular weight is 317 g/mol. The van der Waals surface area contributed by atoms with Crippen molar-refractivity contribution < 1.29 is 0 Å². The lowest BCUT2D eigenvalue weighted by molar-refractivity contribution is 0.581. The van der Waals surface area contributed by atoms with Crippen LogP contribution in [0, 0.1) is 0 Å². The van der Waals surface area contributed by atoms with Gasteiger partial charge >= 0.3 is 0 Å². The van der Waals surface area contributed by atoms with Gasteiger partial charge in [-0.2, -0.15) is 0 Å². The second-order valence-electron chi connectivity index (χ2n) is 3.89.